The molecule has 1 saturated heterocycles. The average Bonchev–Trinajstić information content (AvgIpc) is 2.66. The van der Waals surface area contributed by atoms with Crippen LogP contribution in [0.4, 0.5) is 4.39 Å². The van der Waals surface area contributed by atoms with Gasteiger partial charge in [-0.05, 0) is 67.6 Å². The lowest BCUT2D eigenvalue weighted by atomic mass is 9.72. The van der Waals surface area contributed by atoms with Crippen molar-refractivity contribution in [2.24, 2.45) is 11.8 Å². The van der Waals surface area contributed by atoms with Crippen molar-refractivity contribution in [1.29, 1.82) is 0 Å². The first kappa shape index (κ1) is 19.4. The van der Waals surface area contributed by atoms with Crippen LogP contribution in [0, 0.1) is 17.7 Å². The van der Waals surface area contributed by atoms with Crippen LogP contribution in [-0.4, -0.2) is 21.6 Å². The molecule has 1 saturated carbocycles. The summed E-state index contributed by atoms with van der Waals surface area (Å²) in [5.74, 6) is 2.08. The number of methoxy groups -OCH3 is 1. The summed E-state index contributed by atoms with van der Waals surface area (Å²) in [6.07, 6.45) is 9.10. The van der Waals surface area contributed by atoms with Crippen molar-refractivity contribution in [2.75, 3.05) is 7.11 Å². The van der Waals surface area contributed by atoms with Gasteiger partial charge >= 0.3 is 0 Å². The van der Waals surface area contributed by atoms with E-state index in [1.165, 1.54) is 57.0 Å². The van der Waals surface area contributed by atoms with Gasteiger partial charge in [0.1, 0.15) is 5.82 Å². The molecule has 0 bridgehead atoms. The second-order valence-corrected chi connectivity index (χ2v) is 12.0. The molecule has 0 radical (unpaired) electrons. The molecule has 0 N–H and O–H groups in total. The van der Waals surface area contributed by atoms with Gasteiger partial charge in [-0.3, -0.25) is 0 Å². The molecular weight excluding hydrogens is 351 g/mol. The number of hydrogen-bond donors (Lipinski definition) is 0. The summed E-state index contributed by atoms with van der Waals surface area (Å²) in [6, 6.07) is 8.32. The monoisotopic (exact) mass is 382 g/mol. The van der Waals surface area contributed by atoms with E-state index in [0.717, 1.165) is 17.4 Å². The molecule has 0 aromatic heterocycles. The highest BCUT2D eigenvalue weighted by atomic mass is 35.5. The summed E-state index contributed by atoms with van der Waals surface area (Å²) in [5.41, 5.74) is 1.74. The van der Waals surface area contributed by atoms with E-state index < -0.39 is 8.80 Å². The molecule has 1 heterocycles. The van der Waals surface area contributed by atoms with Crippen molar-refractivity contribution in [3.8, 4) is 0 Å². The van der Waals surface area contributed by atoms with Crippen LogP contribution in [0.15, 0.2) is 18.2 Å². The Morgan fingerprint density at radius 2 is 1.76 bits per heavy atom. The van der Waals surface area contributed by atoms with E-state index in [-0.39, 0.29) is 10.8 Å². The van der Waals surface area contributed by atoms with E-state index in [2.05, 4.69) is 6.92 Å². The number of ether oxygens (including phenoxy) is 1. The quantitative estimate of drug-likeness (QED) is 0.538. The van der Waals surface area contributed by atoms with E-state index in [1.807, 2.05) is 13.2 Å². The summed E-state index contributed by atoms with van der Waals surface area (Å²) >= 11 is 5.82. The van der Waals surface area contributed by atoms with Crippen LogP contribution in [-0.2, 0) is 4.74 Å². The number of rotatable bonds is 5. The van der Waals surface area contributed by atoms with Gasteiger partial charge in [-0.2, -0.15) is 0 Å². The zero-order chi connectivity index (χ0) is 17.8. The van der Waals surface area contributed by atoms with Gasteiger partial charge in [-0.15, -0.1) is 0 Å². The van der Waals surface area contributed by atoms with Crippen molar-refractivity contribution in [3.05, 3.63) is 34.6 Å². The summed E-state index contributed by atoms with van der Waals surface area (Å²) in [4.78, 5) is 0. The maximum absolute atomic E-state index is 13.7. The minimum Gasteiger partial charge on any atom is -0.385 e. The van der Waals surface area contributed by atoms with Crippen LogP contribution in [0.25, 0.3) is 0 Å². The van der Waals surface area contributed by atoms with Crippen LogP contribution in [0.5, 0.6) is 0 Å². The Bertz CT molecular complexity index is 547. The average molecular weight is 383 g/mol. The van der Waals surface area contributed by atoms with Crippen LogP contribution in [0.2, 0.25) is 17.1 Å². The highest BCUT2D eigenvalue weighted by Crippen LogP contribution is 2.44. The second-order valence-electron chi connectivity index (χ2n) is 8.14. The highest BCUT2D eigenvalue weighted by molar-refractivity contribution is 6.60. The molecule has 0 spiro atoms. The first-order valence-electron chi connectivity index (χ1n) is 10.1. The minimum absolute atomic E-state index is 0.236. The first-order chi connectivity index (χ1) is 12.1. The molecule has 1 aliphatic heterocycles. The Hall–Kier alpha value is -0.383. The van der Waals surface area contributed by atoms with Gasteiger partial charge in [0.05, 0.1) is 13.8 Å². The molecule has 1 nitrogen and oxygen atoms in total. The fourth-order valence-electron chi connectivity index (χ4n) is 5.37. The maximum atomic E-state index is 13.7. The summed E-state index contributed by atoms with van der Waals surface area (Å²) in [5, 5.41) is 0.236. The van der Waals surface area contributed by atoms with Crippen LogP contribution < -0.4 is 0 Å². The van der Waals surface area contributed by atoms with Crippen molar-refractivity contribution in [3.63, 3.8) is 0 Å². The zero-order valence-electron chi connectivity index (χ0n) is 15.6. The van der Waals surface area contributed by atoms with Crippen molar-refractivity contribution in [2.45, 2.75) is 75.6 Å². The molecule has 2 aliphatic rings. The highest BCUT2D eigenvalue weighted by Gasteiger charge is 2.33. The van der Waals surface area contributed by atoms with Crippen molar-refractivity contribution >= 4 is 20.4 Å². The molecule has 1 aromatic rings. The number of benzene rings is 1. The topological polar surface area (TPSA) is 9.23 Å². The molecule has 25 heavy (non-hydrogen) atoms. The Kier molecular flexibility index (Phi) is 6.98. The zero-order valence-corrected chi connectivity index (χ0v) is 17.6. The lowest BCUT2D eigenvalue weighted by Crippen LogP contribution is -2.37. The van der Waals surface area contributed by atoms with Gasteiger partial charge in [0, 0.05) is 12.8 Å². The van der Waals surface area contributed by atoms with E-state index in [4.69, 9.17) is 16.3 Å². The third kappa shape index (κ3) is 4.67. The standard InChI is InChI=1S/C21H32ClFOSi/c1-3-21(24-2)25-12-10-17(11-13-25)15-4-6-16(7-5-15)18-8-9-19(22)20(23)14-18/h8-9,14-17,21,25H,3-7,10-13H2,1-2H3/t15-,16-,17?,21?,25?. The van der Waals surface area contributed by atoms with E-state index in [1.54, 1.807) is 12.1 Å². The normalized spacial score (nSPS) is 31.7. The van der Waals surface area contributed by atoms with Crippen LogP contribution in [0.1, 0.15) is 63.4 Å². The molecule has 1 aliphatic carbocycles. The Labute approximate surface area is 158 Å². The molecular formula is C21H32ClFOSi. The predicted octanol–water partition coefficient (Wildman–Crippen LogP) is 6.35. The first-order valence-corrected chi connectivity index (χ1v) is 12.8. The van der Waals surface area contributed by atoms with Crippen LogP contribution in [0.3, 0.4) is 0 Å². The van der Waals surface area contributed by atoms with E-state index in [9.17, 15) is 4.39 Å². The fraction of sp³-hybridized carbons (Fsp3) is 0.714. The van der Waals surface area contributed by atoms with Crippen LogP contribution >= 0.6 is 11.6 Å². The van der Waals surface area contributed by atoms with Crippen molar-refractivity contribution in [1.82, 2.24) is 0 Å². The number of hydrogen-bond acceptors (Lipinski definition) is 1. The summed E-state index contributed by atoms with van der Waals surface area (Å²) in [6.45, 7) is 2.27. The number of halogens is 2. The van der Waals surface area contributed by atoms with E-state index >= 15 is 0 Å². The smallest absolute Gasteiger partial charge is 0.142 e. The van der Waals surface area contributed by atoms with Gasteiger partial charge in [0.15, 0.2) is 0 Å². The molecule has 0 amide bonds. The molecule has 3 rings (SSSR count). The Balaban J connectivity index is 1.49. The lowest BCUT2D eigenvalue weighted by Gasteiger charge is -2.39. The summed E-state index contributed by atoms with van der Waals surface area (Å²) in [7, 11) is 1.21. The SMILES string of the molecule is CCC(OC)[SiH]1CCC([C@H]2CC[C@H](c3ccc(Cl)c(F)c3)CC2)CC1. The predicted molar refractivity (Wildman–Crippen MR) is 107 cm³/mol. The van der Waals surface area contributed by atoms with Gasteiger partial charge in [-0.25, -0.2) is 4.39 Å². The molecule has 1 aromatic carbocycles. The van der Waals surface area contributed by atoms with Gasteiger partial charge in [0.2, 0.25) is 0 Å². The largest absolute Gasteiger partial charge is 0.385 e. The van der Waals surface area contributed by atoms with E-state index in [0.29, 0.717) is 11.6 Å². The molecule has 4 heteroatoms. The van der Waals surface area contributed by atoms with Gasteiger partial charge in [-0.1, -0.05) is 49.5 Å². The third-order valence-electron chi connectivity index (χ3n) is 6.90. The lowest BCUT2D eigenvalue weighted by molar-refractivity contribution is 0.152. The minimum atomic E-state index is -0.682. The van der Waals surface area contributed by atoms with Gasteiger partial charge in [0.25, 0.3) is 0 Å². The molecule has 1 unspecified atom stereocenters. The maximum Gasteiger partial charge on any atom is 0.142 e. The third-order valence-corrected chi connectivity index (χ3v) is 11.2. The Morgan fingerprint density at radius 1 is 1.12 bits per heavy atom. The molecule has 140 valence electrons. The molecule has 2 fully saturated rings. The summed E-state index contributed by atoms with van der Waals surface area (Å²) < 4.78 is 19.4. The molecule has 1 atom stereocenters. The van der Waals surface area contributed by atoms with Crippen molar-refractivity contribution < 1.29 is 9.13 Å². The Morgan fingerprint density at radius 3 is 2.32 bits per heavy atom. The van der Waals surface area contributed by atoms with Gasteiger partial charge < -0.3 is 4.74 Å². The second kappa shape index (κ2) is 9.01. The fourth-order valence-corrected chi connectivity index (χ4v) is 9.28.